The Balaban J connectivity index is 2.26. The highest BCUT2D eigenvalue weighted by Gasteiger charge is 2.07. The van der Waals surface area contributed by atoms with Crippen LogP contribution in [-0.4, -0.2) is 36.0 Å². The molecular formula is C12H15NO7S. The summed E-state index contributed by atoms with van der Waals surface area (Å²) in [4.78, 5) is 25.4. The number of thiol groups is 1. The summed E-state index contributed by atoms with van der Waals surface area (Å²) in [6, 6.07) is 4.40. The largest absolute Gasteiger partial charge is 0.508 e. The van der Waals surface area contributed by atoms with Crippen LogP contribution in [0.5, 0.6) is 11.5 Å². The Morgan fingerprint density at radius 3 is 2.76 bits per heavy atom. The number of esters is 1. The molecule has 0 bridgehead atoms. The first-order valence-electron chi connectivity index (χ1n) is 6.01. The van der Waals surface area contributed by atoms with Crippen LogP contribution in [0.4, 0.5) is 0 Å². The number of phenolic OH excluding ortho intramolecular Hbond substituents is 1. The molecule has 8 nitrogen and oxygen atoms in total. The maximum atomic E-state index is 11.5. The molecule has 0 aliphatic rings. The molecule has 0 saturated heterocycles. The Labute approximate surface area is 126 Å². The van der Waals surface area contributed by atoms with E-state index in [1.54, 1.807) is 0 Å². The number of carbonyl (C=O) groups is 1. The van der Waals surface area contributed by atoms with Crippen molar-refractivity contribution in [2.75, 3.05) is 19.8 Å². The van der Waals surface area contributed by atoms with E-state index in [4.69, 9.17) is 9.47 Å². The van der Waals surface area contributed by atoms with E-state index in [2.05, 4.69) is 17.5 Å². The molecule has 0 fully saturated rings. The van der Waals surface area contributed by atoms with Gasteiger partial charge in [0.2, 0.25) is 0 Å². The summed E-state index contributed by atoms with van der Waals surface area (Å²) in [6.07, 6.45) is -0.00442. The summed E-state index contributed by atoms with van der Waals surface area (Å²) < 4.78 is 10.0. The predicted molar refractivity (Wildman–Crippen MR) is 74.8 cm³/mol. The highest BCUT2D eigenvalue weighted by atomic mass is 32.1. The van der Waals surface area contributed by atoms with Crippen molar-refractivity contribution in [3.63, 3.8) is 0 Å². The van der Waals surface area contributed by atoms with E-state index >= 15 is 0 Å². The Kier molecular flexibility index (Phi) is 7.33. The first-order valence-corrected chi connectivity index (χ1v) is 6.64. The summed E-state index contributed by atoms with van der Waals surface area (Å²) in [5.41, 5.74) is 0.553. The molecule has 0 saturated carbocycles. The SMILES string of the molecule is O=C(CCOCCO[N+](=O)[O-])Oc1ccc(O)c(CS)c1. The molecule has 0 spiro atoms. The maximum absolute atomic E-state index is 11.5. The van der Waals surface area contributed by atoms with Crippen molar-refractivity contribution >= 4 is 18.6 Å². The minimum absolute atomic E-state index is 0.00442. The lowest BCUT2D eigenvalue weighted by Gasteiger charge is -2.07. The van der Waals surface area contributed by atoms with Crippen LogP contribution in [0.25, 0.3) is 0 Å². The molecule has 1 N–H and O–H groups in total. The molecule has 0 radical (unpaired) electrons. The Morgan fingerprint density at radius 1 is 1.33 bits per heavy atom. The van der Waals surface area contributed by atoms with Gasteiger partial charge in [-0.1, -0.05) is 0 Å². The minimum atomic E-state index is -0.915. The van der Waals surface area contributed by atoms with E-state index < -0.39 is 11.1 Å². The highest BCUT2D eigenvalue weighted by Crippen LogP contribution is 2.24. The normalized spacial score (nSPS) is 10.1. The van der Waals surface area contributed by atoms with Crippen LogP contribution in [0.3, 0.4) is 0 Å². The first-order chi connectivity index (χ1) is 10.0. The Morgan fingerprint density at radius 2 is 2.10 bits per heavy atom. The van der Waals surface area contributed by atoms with E-state index in [1.807, 2.05) is 0 Å². The van der Waals surface area contributed by atoms with E-state index in [1.165, 1.54) is 18.2 Å². The average molecular weight is 317 g/mol. The van der Waals surface area contributed by atoms with Gasteiger partial charge >= 0.3 is 5.97 Å². The monoisotopic (exact) mass is 317 g/mol. The lowest BCUT2D eigenvalue weighted by Crippen LogP contribution is -2.14. The van der Waals surface area contributed by atoms with Crippen molar-refractivity contribution in [2.24, 2.45) is 0 Å². The van der Waals surface area contributed by atoms with Gasteiger partial charge in [-0.2, -0.15) is 12.6 Å². The van der Waals surface area contributed by atoms with Gasteiger partial charge in [-0.15, -0.1) is 10.1 Å². The van der Waals surface area contributed by atoms with Crippen molar-refractivity contribution in [3.05, 3.63) is 33.9 Å². The Bertz CT molecular complexity index is 494. The number of hydrogen-bond acceptors (Lipinski definition) is 8. The summed E-state index contributed by atoms with van der Waals surface area (Å²) >= 11 is 4.04. The van der Waals surface area contributed by atoms with Gasteiger partial charge in [0.15, 0.2) is 0 Å². The molecule has 0 amide bonds. The van der Waals surface area contributed by atoms with Crippen LogP contribution in [0.15, 0.2) is 18.2 Å². The Hall–Kier alpha value is -2.00. The van der Waals surface area contributed by atoms with Crippen molar-refractivity contribution in [3.8, 4) is 11.5 Å². The summed E-state index contributed by atoms with van der Waals surface area (Å²) in [5, 5.41) is 18.4. The molecular weight excluding hydrogens is 302 g/mol. The van der Waals surface area contributed by atoms with E-state index in [-0.39, 0.29) is 32.0 Å². The molecule has 0 heterocycles. The third-order valence-electron chi connectivity index (χ3n) is 2.33. The lowest BCUT2D eigenvalue weighted by molar-refractivity contribution is -0.758. The van der Waals surface area contributed by atoms with Gasteiger partial charge in [0, 0.05) is 11.3 Å². The van der Waals surface area contributed by atoms with Crippen LogP contribution >= 0.6 is 12.6 Å². The lowest BCUT2D eigenvalue weighted by atomic mass is 10.2. The number of rotatable bonds is 9. The van der Waals surface area contributed by atoms with Gasteiger partial charge in [0.1, 0.15) is 18.1 Å². The van der Waals surface area contributed by atoms with Gasteiger partial charge in [-0.25, -0.2) is 0 Å². The zero-order valence-corrected chi connectivity index (χ0v) is 12.0. The molecule has 1 aromatic carbocycles. The standard InChI is InChI=1S/C12H15NO7S/c14-11-2-1-10(7-9(11)8-21)20-12(15)3-4-18-5-6-19-13(16)17/h1-2,7,14,21H,3-6,8H2. The van der Waals surface area contributed by atoms with Gasteiger partial charge < -0.3 is 19.4 Å². The van der Waals surface area contributed by atoms with E-state index in [0.717, 1.165) is 0 Å². The third kappa shape index (κ3) is 6.82. The van der Waals surface area contributed by atoms with E-state index in [0.29, 0.717) is 17.1 Å². The second kappa shape index (κ2) is 9.03. The zero-order valence-electron chi connectivity index (χ0n) is 11.1. The van der Waals surface area contributed by atoms with Crippen LogP contribution in [0.2, 0.25) is 0 Å². The molecule has 9 heteroatoms. The topological polar surface area (TPSA) is 108 Å². The molecule has 0 unspecified atom stereocenters. The molecule has 116 valence electrons. The molecule has 0 aliphatic carbocycles. The number of benzene rings is 1. The van der Waals surface area contributed by atoms with Gasteiger partial charge in [0.05, 0.1) is 19.6 Å². The number of carbonyl (C=O) groups excluding carboxylic acids is 1. The van der Waals surface area contributed by atoms with Gasteiger partial charge in [-0.3, -0.25) is 4.79 Å². The van der Waals surface area contributed by atoms with Crippen LogP contribution < -0.4 is 4.74 Å². The van der Waals surface area contributed by atoms with Crippen molar-refractivity contribution in [1.29, 1.82) is 0 Å². The number of hydrogen-bond donors (Lipinski definition) is 2. The highest BCUT2D eigenvalue weighted by molar-refractivity contribution is 7.79. The molecule has 0 atom stereocenters. The molecule has 0 aliphatic heterocycles. The third-order valence-corrected chi connectivity index (χ3v) is 2.67. The first kappa shape index (κ1) is 17.1. The molecule has 21 heavy (non-hydrogen) atoms. The minimum Gasteiger partial charge on any atom is -0.508 e. The fourth-order valence-corrected chi connectivity index (χ4v) is 1.62. The van der Waals surface area contributed by atoms with Crippen LogP contribution in [0.1, 0.15) is 12.0 Å². The fourth-order valence-electron chi connectivity index (χ4n) is 1.36. The van der Waals surface area contributed by atoms with Crippen LogP contribution in [-0.2, 0) is 20.1 Å². The smallest absolute Gasteiger partial charge is 0.313 e. The van der Waals surface area contributed by atoms with Crippen molar-refractivity contribution in [2.45, 2.75) is 12.2 Å². The maximum Gasteiger partial charge on any atom is 0.313 e. The second-order valence-corrected chi connectivity index (χ2v) is 4.16. The van der Waals surface area contributed by atoms with Crippen molar-refractivity contribution in [1.82, 2.24) is 0 Å². The number of phenols is 1. The summed E-state index contributed by atoms with van der Waals surface area (Å²) in [7, 11) is 0. The van der Waals surface area contributed by atoms with Gasteiger partial charge in [0.25, 0.3) is 5.09 Å². The van der Waals surface area contributed by atoms with Gasteiger partial charge in [-0.05, 0) is 18.2 Å². The second-order valence-electron chi connectivity index (χ2n) is 3.84. The number of ether oxygens (including phenoxy) is 2. The van der Waals surface area contributed by atoms with Crippen molar-refractivity contribution < 1.29 is 29.3 Å². The molecule has 1 rings (SSSR count). The zero-order chi connectivity index (χ0) is 15.7. The molecule has 0 aromatic heterocycles. The fraction of sp³-hybridized carbons (Fsp3) is 0.417. The van der Waals surface area contributed by atoms with E-state index in [9.17, 15) is 20.0 Å². The molecule has 1 aromatic rings. The number of nitrogens with zero attached hydrogens (tertiary/aromatic N) is 1. The summed E-state index contributed by atoms with van der Waals surface area (Å²) in [5.74, 6) is 0.190. The predicted octanol–water partition coefficient (Wildman–Crippen LogP) is 1.34. The average Bonchev–Trinajstić information content (AvgIpc) is 2.44. The summed E-state index contributed by atoms with van der Waals surface area (Å²) in [6.45, 7) is -0.111. The quantitative estimate of drug-likeness (QED) is 0.177. The number of aromatic hydroxyl groups is 1. The van der Waals surface area contributed by atoms with Crippen LogP contribution in [0, 0.1) is 10.1 Å².